The van der Waals surface area contributed by atoms with Crippen LogP contribution in [-0.2, 0) is 4.74 Å². The van der Waals surface area contributed by atoms with Crippen molar-refractivity contribution >= 4 is 21.8 Å². The van der Waals surface area contributed by atoms with Crippen molar-refractivity contribution < 1.29 is 9.47 Å². The summed E-state index contributed by atoms with van der Waals surface area (Å²) in [6.45, 7) is 3.16. The van der Waals surface area contributed by atoms with Crippen LogP contribution < -0.4 is 4.74 Å². The molecule has 19 heavy (non-hydrogen) atoms. The summed E-state index contributed by atoms with van der Waals surface area (Å²) in [5, 5.41) is 2.39. The van der Waals surface area contributed by atoms with Gasteiger partial charge in [-0.3, -0.25) is 4.98 Å². The minimum atomic E-state index is 0.558. The third-order valence-corrected chi connectivity index (χ3v) is 3.24. The summed E-state index contributed by atoms with van der Waals surface area (Å²) in [6.07, 6.45) is 1.84. The first-order valence-electron chi connectivity index (χ1n) is 6.28. The maximum absolute atomic E-state index is 5.62. The molecule has 3 rings (SSSR count). The molecule has 0 bridgehead atoms. The van der Waals surface area contributed by atoms with Gasteiger partial charge in [-0.25, -0.2) is 0 Å². The van der Waals surface area contributed by atoms with Gasteiger partial charge in [0, 0.05) is 30.1 Å². The smallest absolute Gasteiger partial charge is 0.121 e. The predicted octanol–water partition coefficient (Wildman–Crippen LogP) is 3.05. The van der Waals surface area contributed by atoms with Crippen LogP contribution in [0.5, 0.6) is 5.75 Å². The molecule has 3 aromatic rings. The van der Waals surface area contributed by atoms with E-state index < -0.39 is 0 Å². The Bertz CT molecular complexity index is 719. The fraction of sp³-hybridized carbons (Fsp3) is 0.267. The van der Waals surface area contributed by atoms with Gasteiger partial charge in [-0.15, -0.1) is 0 Å². The van der Waals surface area contributed by atoms with Gasteiger partial charge in [-0.05, 0) is 25.1 Å². The lowest BCUT2D eigenvalue weighted by molar-refractivity contribution is 0.146. The molecule has 4 heteroatoms. The number of hydrogen-bond acceptors (Lipinski definition) is 3. The van der Waals surface area contributed by atoms with Crippen molar-refractivity contribution in [2.45, 2.75) is 6.92 Å². The molecule has 2 aromatic heterocycles. The molecule has 0 fully saturated rings. The van der Waals surface area contributed by atoms with Crippen LogP contribution in [0.1, 0.15) is 5.69 Å². The Kier molecular flexibility index (Phi) is 3.09. The van der Waals surface area contributed by atoms with Crippen molar-refractivity contribution in [3.05, 3.63) is 36.2 Å². The van der Waals surface area contributed by atoms with Gasteiger partial charge in [0.15, 0.2) is 0 Å². The van der Waals surface area contributed by atoms with Crippen molar-refractivity contribution in [3.63, 3.8) is 0 Å². The monoisotopic (exact) mass is 256 g/mol. The van der Waals surface area contributed by atoms with Crippen LogP contribution in [0.4, 0.5) is 0 Å². The summed E-state index contributed by atoms with van der Waals surface area (Å²) in [5.74, 6) is 0.849. The van der Waals surface area contributed by atoms with Crippen molar-refractivity contribution in [1.82, 2.24) is 9.97 Å². The van der Waals surface area contributed by atoms with E-state index in [9.17, 15) is 0 Å². The molecule has 0 amide bonds. The Balaban J connectivity index is 2.04. The molecule has 0 aliphatic heterocycles. The highest BCUT2D eigenvalue weighted by Crippen LogP contribution is 2.29. The van der Waals surface area contributed by atoms with Crippen molar-refractivity contribution in [2.24, 2.45) is 0 Å². The Hall–Kier alpha value is -2.07. The number of aryl methyl sites for hydroxylation is 1. The van der Waals surface area contributed by atoms with Crippen molar-refractivity contribution in [2.75, 3.05) is 20.3 Å². The van der Waals surface area contributed by atoms with Crippen LogP contribution in [0.25, 0.3) is 21.8 Å². The number of hydrogen-bond donors (Lipinski definition) is 1. The Morgan fingerprint density at radius 1 is 1.16 bits per heavy atom. The molecule has 0 spiro atoms. The molecular formula is C15H16N2O2. The molecule has 0 aliphatic rings. The van der Waals surface area contributed by atoms with Crippen LogP contribution in [-0.4, -0.2) is 30.3 Å². The van der Waals surface area contributed by atoms with Crippen LogP contribution in [0.2, 0.25) is 0 Å². The minimum Gasteiger partial charge on any atom is -0.491 e. The van der Waals surface area contributed by atoms with Crippen molar-refractivity contribution in [1.29, 1.82) is 0 Å². The topological polar surface area (TPSA) is 47.1 Å². The van der Waals surface area contributed by atoms with Gasteiger partial charge in [-0.2, -0.15) is 0 Å². The van der Waals surface area contributed by atoms with Crippen LogP contribution in [0, 0.1) is 6.92 Å². The van der Waals surface area contributed by atoms with Gasteiger partial charge in [0.25, 0.3) is 0 Å². The number of rotatable bonds is 4. The number of methoxy groups -OCH3 is 1. The lowest BCUT2D eigenvalue weighted by Crippen LogP contribution is -2.03. The first kappa shape index (κ1) is 12.0. The highest BCUT2D eigenvalue weighted by molar-refractivity contribution is 6.08. The number of H-pyrrole nitrogens is 1. The van der Waals surface area contributed by atoms with E-state index >= 15 is 0 Å². The van der Waals surface area contributed by atoms with Gasteiger partial charge in [0.1, 0.15) is 12.4 Å². The van der Waals surface area contributed by atoms with E-state index in [2.05, 4.69) is 16.0 Å². The Labute approximate surface area is 111 Å². The fourth-order valence-corrected chi connectivity index (χ4v) is 2.28. The number of aromatic amines is 1. The molecule has 2 heterocycles. The zero-order chi connectivity index (χ0) is 13.2. The Morgan fingerprint density at radius 2 is 2.05 bits per heavy atom. The molecule has 0 radical (unpaired) electrons. The second-order valence-electron chi connectivity index (χ2n) is 4.49. The quantitative estimate of drug-likeness (QED) is 0.730. The first-order valence-corrected chi connectivity index (χ1v) is 6.28. The highest BCUT2D eigenvalue weighted by Gasteiger charge is 2.07. The minimum absolute atomic E-state index is 0.558. The normalized spacial score (nSPS) is 11.3. The summed E-state index contributed by atoms with van der Waals surface area (Å²) in [7, 11) is 1.67. The molecule has 0 aliphatic carbocycles. The number of aromatic nitrogens is 2. The molecule has 1 aromatic carbocycles. The number of ether oxygens (including phenoxy) is 2. The average molecular weight is 256 g/mol. The second kappa shape index (κ2) is 4.90. The van der Waals surface area contributed by atoms with Gasteiger partial charge >= 0.3 is 0 Å². The number of pyridine rings is 1. The summed E-state index contributed by atoms with van der Waals surface area (Å²) in [4.78, 5) is 7.71. The zero-order valence-electron chi connectivity index (χ0n) is 11.1. The SMILES string of the molecule is COCCOc1ccc2c(c1)[nH]c1c(C)nccc12. The predicted molar refractivity (Wildman–Crippen MR) is 75.7 cm³/mol. The number of fused-ring (bicyclic) bond motifs is 3. The van der Waals surface area contributed by atoms with Gasteiger partial charge < -0.3 is 14.5 Å². The molecule has 98 valence electrons. The van der Waals surface area contributed by atoms with Crippen LogP contribution in [0.3, 0.4) is 0 Å². The largest absolute Gasteiger partial charge is 0.491 e. The maximum Gasteiger partial charge on any atom is 0.121 e. The summed E-state index contributed by atoms with van der Waals surface area (Å²) >= 11 is 0. The first-order chi connectivity index (χ1) is 9.29. The third kappa shape index (κ3) is 2.15. The molecule has 4 nitrogen and oxygen atoms in total. The lowest BCUT2D eigenvalue weighted by Gasteiger charge is -2.04. The van der Waals surface area contributed by atoms with Gasteiger partial charge in [0.2, 0.25) is 0 Å². The van der Waals surface area contributed by atoms with E-state index in [-0.39, 0.29) is 0 Å². The molecule has 0 unspecified atom stereocenters. The number of benzene rings is 1. The number of nitrogens with one attached hydrogen (secondary N) is 1. The average Bonchev–Trinajstić information content (AvgIpc) is 2.79. The standard InChI is InChI=1S/C15H16N2O2/c1-10-15-13(5-6-16-10)12-4-3-11(9-14(12)17-15)19-8-7-18-2/h3-6,9,17H,7-8H2,1-2H3. The second-order valence-corrected chi connectivity index (χ2v) is 4.49. The lowest BCUT2D eigenvalue weighted by atomic mass is 10.1. The summed E-state index contributed by atoms with van der Waals surface area (Å²) in [6, 6.07) is 8.12. The Morgan fingerprint density at radius 3 is 2.89 bits per heavy atom. The van der Waals surface area contributed by atoms with Crippen molar-refractivity contribution in [3.8, 4) is 5.75 Å². The molecule has 0 saturated heterocycles. The van der Waals surface area contributed by atoms with Gasteiger partial charge in [0.05, 0.1) is 23.3 Å². The van der Waals surface area contributed by atoms with Crippen LogP contribution >= 0.6 is 0 Å². The van der Waals surface area contributed by atoms with E-state index in [0.717, 1.165) is 22.5 Å². The van der Waals surface area contributed by atoms with E-state index in [1.54, 1.807) is 7.11 Å². The van der Waals surface area contributed by atoms with E-state index in [4.69, 9.17) is 9.47 Å². The van der Waals surface area contributed by atoms with E-state index in [0.29, 0.717) is 13.2 Å². The maximum atomic E-state index is 5.62. The zero-order valence-corrected chi connectivity index (χ0v) is 11.1. The molecule has 0 atom stereocenters. The summed E-state index contributed by atoms with van der Waals surface area (Å²) in [5.41, 5.74) is 3.17. The molecule has 0 saturated carbocycles. The molecular weight excluding hydrogens is 240 g/mol. The fourth-order valence-electron chi connectivity index (χ4n) is 2.28. The molecule has 1 N–H and O–H groups in total. The summed E-state index contributed by atoms with van der Waals surface area (Å²) < 4.78 is 10.6. The van der Waals surface area contributed by atoms with Crippen LogP contribution in [0.15, 0.2) is 30.5 Å². The van der Waals surface area contributed by atoms with E-state index in [1.807, 2.05) is 31.3 Å². The highest BCUT2D eigenvalue weighted by atomic mass is 16.5. The third-order valence-electron chi connectivity index (χ3n) is 3.24. The number of nitrogens with zero attached hydrogens (tertiary/aromatic N) is 1. The van der Waals surface area contributed by atoms with E-state index in [1.165, 1.54) is 10.8 Å². The van der Waals surface area contributed by atoms with Gasteiger partial charge in [-0.1, -0.05) is 0 Å².